The highest BCUT2D eigenvalue weighted by Gasteiger charge is 2.28. The van der Waals surface area contributed by atoms with Crippen molar-refractivity contribution >= 4 is 22.6 Å². The Kier molecular flexibility index (Phi) is 7.84. The molecular weight excluding hydrogens is 424 g/mol. The van der Waals surface area contributed by atoms with Gasteiger partial charge in [0.15, 0.2) is 6.61 Å². The van der Waals surface area contributed by atoms with Gasteiger partial charge in [0.2, 0.25) is 5.91 Å². The molecular formula is C29H34N2O3. The second kappa shape index (κ2) is 11.2. The molecule has 0 heterocycles. The standard InChI is InChI=1S/C29H34N2O3/c1-21-15-17-23(18-16-21)19-31(22(2)29(33)30-25-11-4-3-5-12-25)28(32)20-34-27-14-8-10-24-9-6-7-13-26(24)27/h6-10,13-18,22,25H,3-5,11-12,19-20H2,1-2H3,(H,30,33)/t22-/m1/s1. The van der Waals surface area contributed by atoms with Crippen LogP contribution < -0.4 is 10.1 Å². The van der Waals surface area contributed by atoms with E-state index in [0.717, 1.165) is 47.6 Å². The lowest BCUT2D eigenvalue weighted by atomic mass is 9.95. The summed E-state index contributed by atoms with van der Waals surface area (Å²) in [7, 11) is 0. The smallest absolute Gasteiger partial charge is 0.261 e. The third kappa shape index (κ3) is 5.96. The minimum Gasteiger partial charge on any atom is -0.483 e. The van der Waals surface area contributed by atoms with Gasteiger partial charge < -0.3 is 15.0 Å². The summed E-state index contributed by atoms with van der Waals surface area (Å²) in [6.07, 6.45) is 5.53. The van der Waals surface area contributed by atoms with Crippen LogP contribution >= 0.6 is 0 Å². The van der Waals surface area contributed by atoms with Crippen molar-refractivity contribution in [2.45, 2.75) is 64.6 Å². The van der Waals surface area contributed by atoms with Gasteiger partial charge in [0, 0.05) is 18.0 Å². The van der Waals surface area contributed by atoms with Crippen LogP contribution in [-0.4, -0.2) is 35.4 Å². The van der Waals surface area contributed by atoms with Crippen molar-refractivity contribution in [3.05, 3.63) is 77.9 Å². The number of fused-ring (bicyclic) bond motifs is 1. The van der Waals surface area contributed by atoms with Crippen molar-refractivity contribution in [1.82, 2.24) is 10.2 Å². The third-order valence-electron chi connectivity index (χ3n) is 6.69. The molecule has 0 spiro atoms. The van der Waals surface area contributed by atoms with Gasteiger partial charge in [-0.05, 0) is 43.7 Å². The lowest BCUT2D eigenvalue weighted by molar-refractivity contribution is -0.142. The van der Waals surface area contributed by atoms with E-state index >= 15 is 0 Å². The Hall–Kier alpha value is -3.34. The number of carbonyl (C=O) groups is 2. The first-order chi connectivity index (χ1) is 16.5. The molecule has 1 saturated carbocycles. The summed E-state index contributed by atoms with van der Waals surface area (Å²) >= 11 is 0. The number of ether oxygens (including phenoxy) is 1. The van der Waals surface area contributed by atoms with Crippen molar-refractivity contribution < 1.29 is 14.3 Å². The predicted octanol–water partition coefficient (Wildman–Crippen LogP) is 5.39. The van der Waals surface area contributed by atoms with E-state index in [1.165, 1.54) is 6.42 Å². The molecule has 0 unspecified atom stereocenters. The Morgan fingerprint density at radius 3 is 2.44 bits per heavy atom. The van der Waals surface area contributed by atoms with Gasteiger partial charge in [-0.15, -0.1) is 0 Å². The minimum absolute atomic E-state index is 0.0995. The molecule has 0 bridgehead atoms. The van der Waals surface area contributed by atoms with Gasteiger partial charge in [-0.25, -0.2) is 0 Å². The minimum atomic E-state index is -0.591. The van der Waals surface area contributed by atoms with Crippen molar-refractivity contribution in [1.29, 1.82) is 0 Å². The molecule has 0 saturated heterocycles. The van der Waals surface area contributed by atoms with E-state index in [1.54, 1.807) is 4.90 Å². The van der Waals surface area contributed by atoms with Crippen LogP contribution in [-0.2, 0) is 16.1 Å². The van der Waals surface area contributed by atoms with Gasteiger partial charge in [-0.1, -0.05) is 85.5 Å². The number of hydrogen-bond donors (Lipinski definition) is 1. The topological polar surface area (TPSA) is 58.6 Å². The van der Waals surface area contributed by atoms with E-state index in [-0.39, 0.29) is 24.5 Å². The normalized spacial score (nSPS) is 15.0. The van der Waals surface area contributed by atoms with E-state index in [9.17, 15) is 9.59 Å². The highest BCUT2D eigenvalue weighted by Crippen LogP contribution is 2.25. The van der Waals surface area contributed by atoms with Crippen molar-refractivity contribution in [3.63, 3.8) is 0 Å². The first-order valence-corrected chi connectivity index (χ1v) is 12.3. The van der Waals surface area contributed by atoms with Crippen LogP contribution in [0.25, 0.3) is 10.8 Å². The Morgan fingerprint density at radius 2 is 1.68 bits per heavy atom. The Bertz CT molecular complexity index is 1110. The van der Waals surface area contributed by atoms with Crippen molar-refractivity contribution in [2.75, 3.05) is 6.61 Å². The average molecular weight is 459 g/mol. The summed E-state index contributed by atoms with van der Waals surface area (Å²) in [6, 6.07) is 21.4. The number of nitrogens with one attached hydrogen (secondary N) is 1. The fraction of sp³-hybridized carbons (Fsp3) is 0.379. The van der Waals surface area contributed by atoms with Crippen LogP contribution in [0, 0.1) is 6.92 Å². The molecule has 3 aromatic rings. The molecule has 1 atom stereocenters. The van der Waals surface area contributed by atoms with Crippen LogP contribution in [0.3, 0.4) is 0 Å². The lowest BCUT2D eigenvalue weighted by Gasteiger charge is -2.31. The molecule has 3 aromatic carbocycles. The van der Waals surface area contributed by atoms with Gasteiger partial charge in [-0.3, -0.25) is 9.59 Å². The number of hydrogen-bond acceptors (Lipinski definition) is 3. The molecule has 4 rings (SSSR count). The van der Waals surface area contributed by atoms with Gasteiger partial charge in [-0.2, -0.15) is 0 Å². The summed E-state index contributed by atoms with van der Waals surface area (Å²) in [5.74, 6) is 0.360. The SMILES string of the molecule is Cc1ccc(CN(C(=O)COc2cccc3ccccc23)[C@H](C)C(=O)NC2CCCCC2)cc1. The van der Waals surface area contributed by atoms with Crippen molar-refractivity contribution in [2.24, 2.45) is 0 Å². The van der Waals surface area contributed by atoms with Gasteiger partial charge in [0.05, 0.1) is 0 Å². The third-order valence-corrected chi connectivity index (χ3v) is 6.69. The number of carbonyl (C=O) groups excluding carboxylic acids is 2. The predicted molar refractivity (Wildman–Crippen MR) is 136 cm³/mol. The van der Waals surface area contributed by atoms with Gasteiger partial charge >= 0.3 is 0 Å². The summed E-state index contributed by atoms with van der Waals surface area (Å²) < 4.78 is 5.98. The molecule has 1 fully saturated rings. The molecule has 1 aliphatic carbocycles. The van der Waals surface area contributed by atoms with Crippen LogP contribution in [0.5, 0.6) is 5.75 Å². The summed E-state index contributed by atoms with van der Waals surface area (Å²) in [6.45, 7) is 4.07. The lowest BCUT2D eigenvalue weighted by Crippen LogP contribution is -2.51. The highest BCUT2D eigenvalue weighted by atomic mass is 16.5. The molecule has 178 valence electrons. The van der Waals surface area contributed by atoms with E-state index in [4.69, 9.17) is 4.74 Å². The van der Waals surface area contributed by atoms with Crippen molar-refractivity contribution in [3.8, 4) is 5.75 Å². The number of rotatable bonds is 8. The van der Waals surface area contributed by atoms with E-state index in [0.29, 0.717) is 12.3 Å². The Morgan fingerprint density at radius 1 is 0.971 bits per heavy atom. The van der Waals surface area contributed by atoms with Gasteiger partial charge in [0.1, 0.15) is 11.8 Å². The van der Waals surface area contributed by atoms with E-state index in [2.05, 4.69) is 5.32 Å². The van der Waals surface area contributed by atoms with Crippen LogP contribution in [0.1, 0.15) is 50.2 Å². The molecule has 5 heteroatoms. The Labute approximate surface area is 202 Å². The van der Waals surface area contributed by atoms with E-state index in [1.807, 2.05) is 80.6 Å². The zero-order valence-corrected chi connectivity index (χ0v) is 20.1. The maximum absolute atomic E-state index is 13.4. The average Bonchev–Trinajstić information content (AvgIpc) is 2.87. The summed E-state index contributed by atoms with van der Waals surface area (Å²) in [5, 5.41) is 5.20. The molecule has 5 nitrogen and oxygen atoms in total. The largest absolute Gasteiger partial charge is 0.483 e. The van der Waals surface area contributed by atoms with Gasteiger partial charge in [0.25, 0.3) is 5.91 Å². The molecule has 34 heavy (non-hydrogen) atoms. The van der Waals surface area contributed by atoms with Crippen LogP contribution in [0.15, 0.2) is 66.7 Å². The second-order valence-corrected chi connectivity index (χ2v) is 9.29. The van der Waals surface area contributed by atoms with Crippen LogP contribution in [0.2, 0.25) is 0 Å². The molecule has 1 N–H and O–H groups in total. The fourth-order valence-corrected chi connectivity index (χ4v) is 4.59. The molecule has 1 aliphatic rings. The first-order valence-electron chi connectivity index (χ1n) is 12.3. The maximum Gasteiger partial charge on any atom is 0.261 e. The van der Waals surface area contributed by atoms with Crippen LogP contribution in [0.4, 0.5) is 0 Å². The molecule has 0 aliphatic heterocycles. The summed E-state index contributed by atoms with van der Waals surface area (Å²) in [5.41, 5.74) is 2.14. The number of aryl methyl sites for hydroxylation is 1. The zero-order valence-electron chi connectivity index (χ0n) is 20.1. The fourth-order valence-electron chi connectivity index (χ4n) is 4.59. The first kappa shape index (κ1) is 23.8. The quantitative estimate of drug-likeness (QED) is 0.492. The maximum atomic E-state index is 13.4. The summed E-state index contributed by atoms with van der Waals surface area (Å²) in [4.78, 5) is 28.1. The highest BCUT2D eigenvalue weighted by molar-refractivity contribution is 5.90. The number of benzene rings is 3. The second-order valence-electron chi connectivity index (χ2n) is 9.29. The number of nitrogens with zero attached hydrogens (tertiary/aromatic N) is 1. The number of amides is 2. The zero-order chi connectivity index (χ0) is 23.9. The molecule has 0 aromatic heterocycles. The molecule has 0 radical (unpaired) electrons. The molecule has 2 amide bonds. The van der Waals surface area contributed by atoms with E-state index < -0.39 is 6.04 Å². The Balaban J connectivity index is 1.49. The monoisotopic (exact) mass is 458 g/mol.